The molecular formula is C20H26N2O3S. The summed E-state index contributed by atoms with van der Waals surface area (Å²) in [5.41, 5.74) is 1.57. The Morgan fingerprint density at radius 2 is 2.23 bits per heavy atom. The van der Waals surface area contributed by atoms with Crippen molar-refractivity contribution in [2.24, 2.45) is 11.3 Å². The summed E-state index contributed by atoms with van der Waals surface area (Å²) in [4.78, 5) is 17.2. The van der Waals surface area contributed by atoms with Gasteiger partial charge in [-0.1, -0.05) is 0 Å². The maximum absolute atomic E-state index is 12.7. The molecule has 0 aliphatic carbocycles. The number of likely N-dealkylation sites (tertiary alicyclic amines) is 2. The molecule has 140 valence electrons. The maximum Gasteiger partial charge on any atom is 0.289 e. The van der Waals surface area contributed by atoms with E-state index < -0.39 is 0 Å². The summed E-state index contributed by atoms with van der Waals surface area (Å²) >= 11 is 1.76. The van der Waals surface area contributed by atoms with E-state index in [-0.39, 0.29) is 11.3 Å². The van der Waals surface area contributed by atoms with Gasteiger partial charge in [-0.2, -0.15) is 11.3 Å². The van der Waals surface area contributed by atoms with Gasteiger partial charge in [0.1, 0.15) is 0 Å². The van der Waals surface area contributed by atoms with Crippen LogP contribution in [0.25, 0.3) is 0 Å². The highest BCUT2D eigenvalue weighted by atomic mass is 32.1. The molecule has 2 aromatic rings. The molecule has 2 aliphatic heterocycles. The Labute approximate surface area is 158 Å². The van der Waals surface area contributed by atoms with Crippen molar-refractivity contribution in [3.8, 4) is 0 Å². The van der Waals surface area contributed by atoms with Crippen LogP contribution in [-0.4, -0.2) is 55.6 Å². The number of carbonyl (C=O) groups excluding carboxylic acids is 1. The Kier molecular flexibility index (Phi) is 5.16. The highest BCUT2D eigenvalue weighted by Crippen LogP contribution is 2.45. The van der Waals surface area contributed by atoms with E-state index in [0.29, 0.717) is 18.3 Å². The summed E-state index contributed by atoms with van der Waals surface area (Å²) < 4.78 is 10.8. The zero-order chi connectivity index (χ0) is 18.0. The fourth-order valence-corrected chi connectivity index (χ4v) is 5.20. The molecule has 6 heteroatoms. The summed E-state index contributed by atoms with van der Waals surface area (Å²) in [5.74, 6) is 0.844. The molecule has 0 N–H and O–H groups in total. The first-order valence-electron chi connectivity index (χ1n) is 9.25. The molecule has 1 atom stereocenters. The van der Waals surface area contributed by atoms with Crippen molar-refractivity contribution in [3.05, 3.63) is 46.5 Å². The Bertz CT molecular complexity index is 706. The zero-order valence-corrected chi connectivity index (χ0v) is 16.0. The first-order valence-corrected chi connectivity index (χ1v) is 10.2. The monoisotopic (exact) mass is 374 g/mol. The van der Waals surface area contributed by atoms with Crippen LogP contribution < -0.4 is 0 Å². The number of hydrogen-bond donors (Lipinski definition) is 0. The van der Waals surface area contributed by atoms with Crippen LogP contribution in [-0.2, 0) is 11.3 Å². The van der Waals surface area contributed by atoms with Crippen molar-refractivity contribution in [1.82, 2.24) is 9.80 Å². The van der Waals surface area contributed by atoms with Crippen LogP contribution in [0.15, 0.2) is 39.6 Å². The third-order valence-electron chi connectivity index (χ3n) is 6.04. The number of furan rings is 1. The van der Waals surface area contributed by atoms with Gasteiger partial charge in [-0.15, -0.1) is 0 Å². The minimum atomic E-state index is 0.00804. The topological polar surface area (TPSA) is 45.9 Å². The highest BCUT2D eigenvalue weighted by Gasteiger charge is 2.49. The van der Waals surface area contributed by atoms with E-state index in [1.807, 2.05) is 4.90 Å². The molecule has 1 spiro atoms. The number of methoxy groups -OCH3 is 1. The largest absolute Gasteiger partial charge is 0.459 e. The Morgan fingerprint density at radius 1 is 1.38 bits per heavy atom. The van der Waals surface area contributed by atoms with Crippen LogP contribution in [0.3, 0.4) is 0 Å². The molecule has 0 saturated carbocycles. The number of rotatable bonds is 5. The Morgan fingerprint density at radius 3 is 2.88 bits per heavy atom. The van der Waals surface area contributed by atoms with Crippen molar-refractivity contribution in [2.75, 3.05) is 39.9 Å². The predicted molar refractivity (Wildman–Crippen MR) is 101 cm³/mol. The van der Waals surface area contributed by atoms with Crippen LogP contribution in [0.4, 0.5) is 0 Å². The lowest BCUT2D eigenvalue weighted by atomic mass is 9.71. The number of piperidine rings is 1. The number of amides is 1. The van der Waals surface area contributed by atoms with Crippen LogP contribution in [0.1, 0.15) is 29.0 Å². The third-order valence-corrected chi connectivity index (χ3v) is 6.77. The van der Waals surface area contributed by atoms with Gasteiger partial charge in [0.05, 0.1) is 12.9 Å². The lowest BCUT2D eigenvalue weighted by Gasteiger charge is -2.42. The van der Waals surface area contributed by atoms with E-state index in [1.165, 1.54) is 5.56 Å². The number of nitrogens with zero attached hydrogens (tertiary/aromatic N) is 2. The lowest BCUT2D eigenvalue weighted by Crippen LogP contribution is -2.45. The number of thiophene rings is 1. The van der Waals surface area contributed by atoms with E-state index in [9.17, 15) is 4.79 Å². The molecule has 4 heterocycles. The van der Waals surface area contributed by atoms with Crippen LogP contribution in [0.5, 0.6) is 0 Å². The van der Waals surface area contributed by atoms with Crippen molar-refractivity contribution in [2.45, 2.75) is 19.4 Å². The quantitative estimate of drug-likeness (QED) is 0.805. The molecule has 4 rings (SSSR count). The van der Waals surface area contributed by atoms with Gasteiger partial charge in [0.15, 0.2) is 5.76 Å². The molecule has 5 nitrogen and oxygen atoms in total. The van der Waals surface area contributed by atoms with Gasteiger partial charge >= 0.3 is 0 Å². The minimum absolute atomic E-state index is 0.00804. The molecule has 2 saturated heterocycles. The fourth-order valence-electron chi connectivity index (χ4n) is 4.54. The molecule has 0 aromatic carbocycles. The summed E-state index contributed by atoms with van der Waals surface area (Å²) in [5, 5.41) is 4.38. The Hall–Kier alpha value is -1.63. The summed E-state index contributed by atoms with van der Waals surface area (Å²) in [7, 11) is 1.76. The van der Waals surface area contributed by atoms with Crippen molar-refractivity contribution in [1.29, 1.82) is 0 Å². The molecule has 26 heavy (non-hydrogen) atoms. The number of ether oxygens (including phenoxy) is 1. The highest BCUT2D eigenvalue weighted by molar-refractivity contribution is 7.07. The van der Waals surface area contributed by atoms with Gasteiger partial charge in [0.25, 0.3) is 5.91 Å². The van der Waals surface area contributed by atoms with Gasteiger partial charge in [-0.05, 0) is 65.9 Å². The van der Waals surface area contributed by atoms with E-state index in [0.717, 1.165) is 45.6 Å². The van der Waals surface area contributed by atoms with Crippen molar-refractivity contribution < 1.29 is 13.9 Å². The average Bonchev–Trinajstić information content (AvgIpc) is 3.40. The number of carbonyl (C=O) groups is 1. The third kappa shape index (κ3) is 3.46. The van der Waals surface area contributed by atoms with E-state index in [1.54, 1.807) is 36.8 Å². The van der Waals surface area contributed by atoms with Gasteiger partial charge in [0, 0.05) is 32.7 Å². The second kappa shape index (κ2) is 7.55. The molecular weight excluding hydrogens is 348 g/mol. The van der Waals surface area contributed by atoms with E-state index >= 15 is 0 Å². The van der Waals surface area contributed by atoms with Crippen molar-refractivity contribution >= 4 is 17.2 Å². The second-order valence-electron chi connectivity index (χ2n) is 7.59. The van der Waals surface area contributed by atoms with E-state index in [4.69, 9.17) is 9.15 Å². The standard InChI is InChI=1S/C20H26N2O3S/c1-24-13-17-12-22(19(23)18-3-2-9-25-18)15-20(17)5-7-21(8-6-20)11-16-4-10-26-14-16/h2-4,9-10,14,17H,5-8,11-13,15H2,1H3/t17-/m0/s1. The van der Waals surface area contributed by atoms with Gasteiger partial charge < -0.3 is 14.1 Å². The summed E-state index contributed by atoms with van der Waals surface area (Å²) in [6, 6.07) is 5.73. The normalized spacial score (nSPS) is 23.0. The summed E-state index contributed by atoms with van der Waals surface area (Å²) in [6.07, 6.45) is 3.80. The first kappa shape index (κ1) is 17.8. The molecule has 2 aromatic heterocycles. The summed E-state index contributed by atoms with van der Waals surface area (Å²) in [6.45, 7) is 5.48. The fraction of sp³-hybridized carbons (Fsp3) is 0.550. The lowest BCUT2D eigenvalue weighted by molar-refractivity contribution is 0.0347. The van der Waals surface area contributed by atoms with Gasteiger partial charge in [0.2, 0.25) is 0 Å². The second-order valence-corrected chi connectivity index (χ2v) is 8.37. The molecule has 0 bridgehead atoms. The minimum Gasteiger partial charge on any atom is -0.459 e. The van der Waals surface area contributed by atoms with Gasteiger partial charge in [-0.25, -0.2) is 0 Å². The van der Waals surface area contributed by atoms with Gasteiger partial charge in [-0.3, -0.25) is 9.69 Å². The number of hydrogen-bond acceptors (Lipinski definition) is 5. The molecule has 1 amide bonds. The molecule has 0 unspecified atom stereocenters. The van der Waals surface area contributed by atoms with Crippen LogP contribution >= 0.6 is 11.3 Å². The SMILES string of the molecule is COC[C@@H]1CN(C(=O)c2ccco2)CC12CCN(Cc1ccsc1)CC2. The average molecular weight is 375 g/mol. The maximum atomic E-state index is 12.7. The van der Waals surface area contributed by atoms with Crippen LogP contribution in [0.2, 0.25) is 0 Å². The van der Waals surface area contributed by atoms with Crippen molar-refractivity contribution in [3.63, 3.8) is 0 Å². The molecule has 2 fully saturated rings. The predicted octanol–water partition coefficient (Wildman–Crippen LogP) is 3.34. The van der Waals surface area contributed by atoms with Crippen LogP contribution in [0, 0.1) is 11.3 Å². The Balaban J connectivity index is 1.43. The molecule has 0 radical (unpaired) electrons. The van der Waals surface area contributed by atoms with E-state index in [2.05, 4.69) is 21.7 Å². The zero-order valence-electron chi connectivity index (χ0n) is 15.2. The smallest absolute Gasteiger partial charge is 0.289 e. The first-order chi connectivity index (χ1) is 12.7. The molecule has 2 aliphatic rings.